The molecule has 19 heavy (non-hydrogen) atoms. The summed E-state index contributed by atoms with van der Waals surface area (Å²) in [6.45, 7) is 5.95. The van der Waals surface area contributed by atoms with Crippen LogP contribution in [0.1, 0.15) is 27.2 Å². The topological polar surface area (TPSA) is 29.1 Å². The van der Waals surface area contributed by atoms with Crippen LogP contribution in [0.2, 0.25) is 0 Å². The molecule has 0 saturated heterocycles. The number of benzene rings is 2. The second-order valence-corrected chi connectivity index (χ2v) is 6.19. The molecule has 3 heteroatoms. The van der Waals surface area contributed by atoms with Crippen molar-refractivity contribution in [2.45, 2.75) is 27.2 Å². The SMILES string of the molecule is CCC(C)(C)C(=O)Nc1ccc(Br)c2ccccc12. The van der Waals surface area contributed by atoms with Gasteiger partial charge < -0.3 is 5.32 Å². The molecule has 0 saturated carbocycles. The van der Waals surface area contributed by atoms with Crippen molar-refractivity contribution in [1.82, 2.24) is 0 Å². The first-order chi connectivity index (χ1) is 8.95. The molecule has 0 unspecified atom stereocenters. The molecular formula is C16H18BrNO. The molecule has 2 aromatic rings. The molecule has 2 nitrogen and oxygen atoms in total. The molecular weight excluding hydrogens is 302 g/mol. The smallest absolute Gasteiger partial charge is 0.230 e. The normalized spacial score (nSPS) is 11.6. The third-order valence-electron chi connectivity index (χ3n) is 3.62. The summed E-state index contributed by atoms with van der Waals surface area (Å²) < 4.78 is 1.04. The molecule has 0 aliphatic carbocycles. The molecule has 0 bridgehead atoms. The second-order valence-electron chi connectivity index (χ2n) is 5.33. The number of anilines is 1. The highest BCUT2D eigenvalue weighted by Gasteiger charge is 2.25. The molecule has 0 aliphatic rings. The molecule has 0 aliphatic heterocycles. The first-order valence-electron chi connectivity index (χ1n) is 6.44. The van der Waals surface area contributed by atoms with Gasteiger partial charge in [0, 0.05) is 21.0 Å². The third-order valence-corrected chi connectivity index (χ3v) is 4.31. The fourth-order valence-corrected chi connectivity index (χ4v) is 2.30. The lowest BCUT2D eigenvalue weighted by Gasteiger charge is -2.22. The van der Waals surface area contributed by atoms with Crippen LogP contribution in [0.3, 0.4) is 0 Å². The van der Waals surface area contributed by atoms with Crippen molar-refractivity contribution in [3.63, 3.8) is 0 Å². The maximum atomic E-state index is 12.3. The Morgan fingerprint density at radius 1 is 1.16 bits per heavy atom. The lowest BCUT2D eigenvalue weighted by atomic mass is 9.89. The lowest BCUT2D eigenvalue weighted by Crippen LogP contribution is -2.30. The van der Waals surface area contributed by atoms with Crippen LogP contribution in [-0.4, -0.2) is 5.91 Å². The van der Waals surface area contributed by atoms with Crippen LogP contribution >= 0.6 is 15.9 Å². The predicted molar refractivity (Wildman–Crippen MR) is 84.3 cm³/mol. The number of amides is 1. The monoisotopic (exact) mass is 319 g/mol. The summed E-state index contributed by atoms with van der Waals surface area (Å²) in [7, 11) is 0. The van der Waals surface area contributed by atoms with Crippen LogP contribution in [-0.2, 0) is 4.79 Å². The van der Waals surface area contributed by atoms with Gasteiger partial charge in [0.25, 0.3) is 0 Å². The maximum Gasteiger partial charge on any atom is 0.230 e. The minimum atomic E-state index is -0.353. The molecule has 0 aromatic heterocycles. The van der Waals surface area contributed by atoms with Crippen molar-refractivity contribution in [3.8, 4) is 0 Å². The van der Waals surface area contributed by atoms with Crippen LogP contribution in [0, 0.1) is 5.41 Å². The minimum Gasteiger partial charge on any atom is -0.325 e. The molecule has 0 spiro atoms. The summed E-state index contributed by atoms with van der Waals surface area (Å²) in [4.78, 5) is 12.3. The van der Waals surface area contributed by atoms with Gasteiger partial charge in [-0.15, -0.1) is 0 Å². The minimum absolute atomic E-state index is 0.0578. The standard InChI is InChI=1S/C16H18BrNO/c1-4-16(2,3)15(19)18-14-10-9-13(17)11-7-5-6-8-12(11)14/h5-10H,4H2,1-3H3,(H,18,19). The van der Waals surface area contributed by atoms with Gasteiger partial charge in [-0.2, -0.15) is 0 Å². The Morgan fingerprint density at radius 2 is 1.79 bits per heavy atom. The van der Waals surface area contributed by atoms with Gasteiger partial charge in [0.05, 0.1) is 0 Å². The van der Waals surface area contributed by atoms with E-state index in [2.05, 4.69) is 21.2 Å². The van der Waals surface area contributed by atoms with Crippen LogP contribution in [0.15, 0.2) is 40.9 Å². The Kier molecular flexibility index (Phi) is 3.95. The van der Waals surface area contributed by atoms with E-state index in [0.717, 1.165) is 27.4 Å². The van der Waals surface area contributed by atoms with Gasteiger partial charge in [0.1, 0.15) is 0 Å². The van der Waals surface area contributed by atoms with Crippen molar-refractivity contribution < 1.29 is 4.79 Å². The first-order valence-corrected chi connectivity index (χ1v) is 7.23. The van der Waals surface area contributed by atoms with E-state index >= 15 is 0 Å². The zero-order valence-electron chi connectivity index (χ0n) is 11.5. The molecule has 1 amide bonds. The Hall–Kier alpha value is -1.35. The molecule has 0 heterocycles. The summed E-state index contributed by atoms with van der Waals surface area (Å²) in [5.41, 5.74) is 0.513. The van der Waals surface area contributed by atoms with E-state index in [-0.39, 0.29) is 11.3 Å². The van der Waals surface area contributed by atoms with E-state index in [9.17, 15) is 4.79 Å². The van der Waals surface area contributed by atoms with Crippen LogP contribution < -0.4 is 5.32 Å². The number of carbonyl (C=O) groups is 1. The fourth-order valence-electron chi connectivity index (χ4n) is 1.82. The molecule has 0 atom stereocenters. The van der Waals surface area contributed by atoms with Crippen LogP contribution in [0.5, 0.6) is 0 Å². The van der Waals surface area contributed by atoms with Gasteiger partial charge in [-0.3, -0.25) is 4.79 Å². The molecule has 2 rings (SSSR count). The maximum absolute atomic E-state index is 12.3. The number of hydrogen-bond acceptors (Lipinski definition) is 1. The zero-order chi connectivity index (χ0) is 14.0. The third kappa shape index (κ3) is 2.81. The van der Waals surface area contributed by atoms with Crippen LogP contribution in [0.4, 0.5) is 5.69 Å². The summed E-state index contributed by atoms with van der Waals surface area (Å²) in [5, 5.41) is 5.20. The second kappa shape index (κ2) is 5.33. The lowest BCUT2D eigenvalue weighted by molar-refractivity contribution is -0.124. The van der Waals surface area contributed by atoms with Crippen molar-refractivity contribution in [2.24, 2.45) is 5.41 Å². The zero-order valence-corrected chi connectivity index (χ0v) is 13.0. The summed E-state index contributed by atoms with van der Waals surface area (Å²) in [6, 6.07) is 12.0. The van der Waals surface area contributed by atoms with Crippen LogP contribution in [0.25, 0.3) is 10.8 Å². The number of hydrogen-bond donors (Lipinski definition) is 1. The Labute approximate surface area is 122 Å². The van der Waals surface area contributed by atoms with Gasteiger partial charge in [-0.25, -0.2) is 0 Å². The van der Waals surface area contributed by atoms with E-state index in [1.807, 2.05) is 57.2 Å². The quantitative estimate of drug-likeness (QED) is 0.849. The Morgan fingerprint density at radius 3 is 2.42 bits per heavy atom. The Bertz CT molecular complexity index is 619. The van der Waals surface area contributed by atoms with Gasteiger partial charge in [0.2, 0.25) is 5.91 Å². The van der Waals surface area contributed by atoms with Gasteiger partial charge in [-0.1, -0.05) is 61.0 Å². The van der Waals surface area contributed by atoms with Crippen molar-refractivity contribution in [1.29, 1.82) is 0 Å². The van der Waals surface area contributed by atoms with E-state index in [1.165, 1.54) is 0 Å². The largest absolute Gasteiger partial charge is 0.325 e. The average molecular weight is 320 g/mol. The number of rotatable bonds is 3. The number of nitrogens with one attached hydrogen (secondary N) is 1. The summed E-state index contributed by atoms with van der Waals surface area (Å²) in [6.07, 6.45) is 0.813. The highest BCUT2D eigenvalue weighted by molar-refractivity contribution is 9.10. The van der Waals surface area contributed by atoms with E-state index in [1.54, 1.807) is 0 Å². The van der Waals surface area contributed by atoms with E-state index in [0.29, 0.717) is 0 Å². The summed E-state index contributed by atoms with van der Waals surface area (Å²) in [5.74, 6) is 0.0578. The van der Waals surface area contributed by atoms with Crippen molar-refractivity contribution in [3.05, 3.63) is 40.9 Å². The highest BCUT2D eigenvalue weighted by atomic mass is 79.9. The molecule has 1 N–H and O–H groups in total. The fraction of sp³-hybridized carbons (Fsp3) is 0.312. The number of fused-ring (bicyclic) bond motifs is 1. The van der Waals surface area contributed by atoms with Crippen molar-refractivity contribution in [2.75, 3.05) is 5.32 Å². The van der Waals surface area contributed by atoms with Gasteiger partial charge >= 0.3 is 0 Å². The average Bonchev–Trinajstić information content (AvgIpc) is 2.42. The van der Waals surface area contributed by atoms with Gasteiger partial charge in [0.15, 0.2) is 0 Å². The highest BCUT2D eigenvalue weighted by Crippen LogP contribution is 2.31. The first kappa shape index (κ1) is 14.1. The van der Waals surface area contributed by atoms with E-state index < -0.39 is 0 Å². The number of halogens is 1. The number of carbonyl (C=O) groups excluding carboxylic acids is 1. The molecule has 2 aromatic carbocycles. The summed E-state index contributed by atoms with van der Waals surface area (Å²) >= 11 is 3.54. The predicted octanol–water partition coefficient (Wildman–Crippen LogP) is 4.98. The molecule has 0 fully saturated rings. The van der Waals surface area contributed by atoms with Gasteiger partial charge in [-0.05, 0) is 23.9 Å². The van der Waals surface area contributed by atoms with Crippen molar-refractivity contribution >= 4 is 38.3 Å². The molecule has 100 valence electrons. The van der Waals surface area contributed by atoms with E-state index in [4.69, 9.17) is 0 Å². The Balaban J connectivity index is 2.42. The molecule has 0 radical (unpaired) electrons.